The molecule has 0 bridgehead atoms. The maximum atomic E-state index is 11.2. The van der Waals surface area contributed by atoms with E-state index in [1.165, 1.54) is 0 Å². The first-order valence-corrected chi connectivity index (χ1v) is 8.31. The van der Waals surface area contributed by atoms with Gasteiger partial charge in [-0.2, -0.15) is 0 Å². The molecule has 1 atom stereocenters. The summed E-state index contributed by atoms with van der Waals surface area (Å²) in [5.41, 5.74) is 1.90. The van der Waals surface area contributed by atoms with Crippen molar-refractivity contribution in [1.29, 1.82) is 0 Å². The maximum Gasteiger partial charge on any atom is 0.178 e. The summed E-state index contributed by atoms with van der Waals surface area (Å²) in [5, 5.41) is 0. The Balaban J connectivity index is 2.46. The molecule has 0 saturated carbocycles. The van der Waals surface area contributed by atoms with Crippen LogP contribution in [0.15, 0.2) is 18.2 Å². The van der Waals surface area contributed by atoms with Gasteiger partial charge in [-0.15, -0.1) is 0 Å². The summed E-state index contributed by atoms with van der Waals surface area (Å²) in [7, 11) is -0.828. The molecule has 2 rings (SSSR count). The lowest BCUT2D eigenvalue weighted by atomic mass is 10.3. The van der Waals surface area contributed by atoms with Gasteiger partial charge in [0.25, 0.3) is 0 Å². The van der Waals surface area contributed by atoms with Crippen molar-refractivity contribution in [2.75, 3.05) is 12.0 Å². The molecular formula is C13H18N2O2S2. The minimum Gasteiger partial charge on any atom is -0.489 e. The third-order valence-corrected chi connectivity index (χ3v) is 3.82. The maximum absolute atomic E-state index is 11.2. The second-order valence-corrected chi connectivity index (χ2v) is 6.62. The fourth-order valence-corrected chi connectivity index (χ4v) is 2.68. The molecule has 0 fully saturated rings. The Hall–Kier alpha value is -1.14. The van der Waals surface area contributed by atoms with Crippen molar-refractivity contribution in [2.24, 2.45) is 0 Å². The molecule has 0 aliphatic rings. The van der Waals surface area contributed by atoms with Crippen molar-refractivity contribution in [2.45, 2.75) is 26.5 Å². The Morgan fingerprint density at radius 3 is 2.84 bits per heavy atom. The number of nitrogens with one attached hydrogen (secondary N) is 1. The standard InChI is InChI=1S/C13H18N2O2S2/c1-9(2)17-11-6-4-5-10-12(11)14-13(18)15(10)7-8-19(3)16/h4-6,9H,7-8H2,1-3H3,(H,14,18). The molecule has 0 aliphatic heterocycles. The van der Waals surface area contributed by atoms with Crippen LogP contribution in [0.25, 0.3) is 11.0 Å². The zero-order chi connectivity index (χ0) is 14.0. The minimum absolute atomic E-state index is 0.110. The molecule has 0 amide bonds. The number of para-hydroxylation sites is 1. The van der Waals surface area contributed by atoms with Crippen LogP contribution >= 0.6 is 12.2 Å². The molecule has 6 heteroatoms. The molecule has 0 spiro atoms. The summed E-state index contributed by atoms with van der Waals surface area (Å²) < 4.78 is 19.6. The number of nitrogens with zero attached hydrogens (tertiary/aromatic N) is 1. The highest BCUT2D eigenvalue weighted by Crippen LogP contribution is 2.25. The molecule has 0 radical (unpaired) electrons. The number of aromatic nitrogens is 2. The van der Waals surface area contributed by atoms with E-state index in [1.54, 1.807) is 6.26 Å². The van der Waals surface area contributed by atoms with Gasteiger partial charge >= 0.3 is 0 Å². The van der Waals surface area contributed by atoms with Gasteiger partial charge in [-0.05, 0) is 38.2 Å². The molecule has 1 aromatic heterocycles. The topological polar surface area (TPSA) is 47.0 Å². The van der Waals surface area contributed by atoms with Crippen molar-refractivity contribution in [3.63, 3.8) is 0 Å². The lowest BCUT2D eigenvalue weighted by Gasteiger charge is -2.10. The van der Waals surface area contributed by atoms with Gasteiger partial charge in [0.05, 0.1) is 11.6 Å². The van der Waals surface area contributed by atoms with Crippen LogP contribution < -0.4 is 4.74 Å². The van der Waals surface area contributed by atoms with Gasteiger partial charge < -0.3 is 14.3 Å². The highest BCUT2D eigenvalue weighted by atomic mass is 32.2. The Morgan fingerprint density at radius 2 is 2.21 bits per heavy atom. The van der Waals surface area contributed by atoms with E-state index in [1.807, 2.05) is 36.6 Å². The second-order valence-electron chi connectivity index (χ2n) is 4.68. The lowest BCUT2D eigenvalue weighted by Crippen LogP contribution is -2.07. The highest BCUT2D eigenvalue weighted by Gasteiger charge is 2.10. The van der Waals surface area contributed by atoms with E-state index in [-0.39, 0.29) is 6.10 Å². The Labute approximate surface area is 120 Å². The van der Waals surface area contributed by atoms with Crippen molar-refractivity contribution < 1.29 is 8.95 Å². The molecule has 0 aliphatic carbocycles. The lowest BCUT2D eigenvalue weighted by molar-refractivity contribution is 0.245. The number of rotatable bonds is 5. The molecule has 1 unspecified atom stereocenters. The van der Waals surface area contributed by atoms with Gasteiger partial charge in [0.2, 0.25) is 0 Å². The molecule has 0 saturated heterocycles. The van der Waals surface area contributed by atoms with Gasteiger partial charge in [-0.1, -0.05) is 6.07 Å². The van der Waals surface area contributed by atoms with Gasteiger partial charge in [-0.3, -0.25) is 4.21 Å². The highest BCUT2D eigenvalue weighted by molar-refractivity contribution is 7.84. The van der Waals surface area contributed by atoms with Gasteiger partial charge in [-0.25, -0.2) is 0 Å². The number of benzene rings is 1. The van der Waals surface area contributed by atoms with Crippen LogP contribution in [0, 0.1) is 4.77 Å². The monoisotopic (exact) mass is 298 g/mol. The fourth-order valence-electron chi connectivity index (χ4n) is 1.95. The van der Waals surface area contributed by atoms with Crippen LogP contribution in [-0.2, 0) is 17.3 Å². The zero-order valence-corrected chi connectivity index (χ0v) is 12.9. The quantitative estimate of drug-likeness (QED) is 0.863. The average Bonchev–Trinajstić information content (AvgIpc) is 2.63. The molecule has 1 N–H and O–H groups in total. The molecule has 104 valence electrons. The number of fused-ring (bicyclic) bond motifs is 1. The van der Waals surface area contributed by atoms with Gasteiger partial charge in [0.1, 0.15) is 11.3 Å². The summed E-state index contributed by atoms with van der Waals surface area (Å²) in [4.78, 5) is 3.18. The number of aryl methyl sites for hydroxylation is 1. The van der Waals surface area contributed by atoms with Crippen LogP contribution in [0.1, 0.15) is 13.8 Å². The van der Waals surface area contributed by atoms with Crippen molar-refractivity contribution >= 4 is 34.1 Å². The predicted octanol–water partition coefficient (Wildman–Crippen LogP) is 2.86. The summed E-state index contributed by atoms with van der Waals surface area (Å²) in [5.74, 6) is 1.39. The zero-order valence-electron chi connectivity index (χ0n) is 11.3. The molecule has 1 aromatic carbocycles. The first-order valence-electron chi connectivity index (χ1n) is 6.17. The summed E-state index contributed by atoms with van der Waals surface area (Å²) in [6.45, 7) is 4.63. The number of hydrogen-bond donors (Lipinski definition) is 1. The van der Waals surface area contributed by atoms with Crippen LogP contribution in [0.4, 0.5) is 0 Å². The first kappa shape index (κ1) is 14.3. The first-order chi connectivity index (χ1) is 8.99. The number of H-pyrrole nitrogens is 1. The van der Waals surface area contributed by atoms with Crippen LogP contribution in [0.5, 0.6) is 5.75 Å². The molecule has 4 nitrogen and oxygen atoms in total. The average molecular weight is 298 g/mol. The van der Waals surface area contributed by atoms with E-state index in [9.17, 15) is 4.21 Å². The third kappa shape index (κ3) is 3.25. The Bertz CT molecular complexity index is 658. The van der Waals surface area contributed by atoms with Crippen molar-refractivity contribution in [3.8, 4) is 5.75 Å². The molecular weight excluding hydrogens is 280 g/mol. The number of imidazole rings is 1. The van der Waals surface area contributed by atoms with Crippen molar-refractivity contribution in [3.05, 3.63) is 23.0 Å². The van der Waals surface area contributed by atoms with E-state index in [0.29, 0.717) is 17.1 Å². The third-order valence-electron chi connectivity index (χ3n) is 2.74. The van der Waals surface area contributed by atoms with E-state index in [0.717, 1.165) is 16.8 Å². The smallest absolute Gasteiger partial charge is 0.178 e. The van der Waals surface area contributed by atoms with E-state index in [4.69, 9.17) is 17.0 Å². The normalized spacial score (nSPS) is 13.1. The van der Waals surface area contributed by atoms with Crippen LogP contribution in [-0.4, -0.2) is 31.9 Å². The van der Waals surface area contributed by atoms with Gasteiger partial charge in [0.15, 0.2) is 4.77 Å². The second kappa shape index (κ2) is 5.88. The fraction of sp³-hybridized carbons (Fsp3) is 0.462. The largest absolute Gasteiger partial charge is 0.489 e. The number of ether oxygens (including phenoxy) is 1. The van der Waals surface area contributed by atoms with E-state index >= 15 is 0 Å². The van der Waals surface area contributed by atoms with E-state index in [2.05, 4.69) is 4.98 Å². The summed E-state index contributed by atoms with van der Waals surface area (Å²) in [6.07, 6.45) is 1.81. The minimum atomic E-state index is -0.828. The number of aromatic amines is 1. The predicted molar refractivity (Wildman–Crippen MR) is 81.8 cm³/mol. The Morgan fingerprint density at radius 1 is 1.47 bits per heavy atom. The van der Waals surface area contributed by atoms with Crippen molar-refractivity contribution in [1.82, 2.24) is 9.55 Å². The number of hydrogen-bond acceptors (Lipinski definition) is 3. The van der Waals surface area contributed by atoms with E-state index < -0.39 is 10.8 Å². The molecule has 2 aromatic rings. The van der Waals surface area contributed by atoms with Crippen LogP contribution in [0.2, 0.25) is 0 Å². The molecule has 1 heterocycles. The SMILES string of the molecule is CC(C)Oc1cccc2c1[nH]c(=S)n2CCS(C)=O. The van der Waals surface area contributed by atoms with Gasteiger partial charge in [0, 0.05) is 29.4 Å². The summed E-state index contributed by atoms with van der Waals surface area (Å²) in [6, 6.07) is 5.87. The van der Waals surface area contributed by atoms with Crippen LogP contribution in [0.3, 0.4) is 0 Å². The summed E-state index contributed by atoms with van der Waals surface area (Å²) >= 11 is 5.33. The Kier molecular flexibility index (Phi) is 4.42. The molecule has 19 heavy (non-hydrogen) atoms.